The molecule has 1 saturated heterocycles. The monoisotopic (exact) mass is 341 g/mol. The molecule has 1 aliphatic rings. The lowest BCUT2D eigenvalue weighted by atomic mass is 10.0. The van der Waals surface area contributed by atoms with Crippen LogP contribution < -0.4 is 0 Å². The van der Waals surface area contributed by atoms with Crippen molar-refractivity contribution in [3.05, 3.63) is 0 Å². The van der Waals surface area contributed by atoms with Gasteiger partial charge in [-0.2, -0.15) is 0 Å². The first-order valence-electron chi connectivity index (χ1n) is 9.29. The fourth-order valence-corrected chi connectivity index (χ4v) is 2.97. The molecular weight excluding hydrogens is 306 g/mol. The summed E-state index contributed by atoms with van der Waals surface area (Å²) in [5, 5.41) is 0. The van der Waals surface area contributed by atoms with Crippen LogP contribution in [0.15, 0.2) is 0 Å². The van der Waals surface area contributed by atoms with Gasteiger partial charge in [0.25, 0.3) is 0 Å². The fraction of sp³-hybridized carbons (Fsp3) is 0.895. The van der Waals surface area contributed by atoms with Gasteiger partial charge in [-0.1, -0.05) is 13.8 Å². The zero-order chi connectivity index (χ0) is 18.3. The van der Waals surface area contributed by atoms with E-state index in [0.717, 1.165) is 6.42 Å². The van der Waals surface area contributed by atoms with Crippen molar-refractivity contribution in [3.8, 4) is 0 Å². The predicted molar refractivity (Wildman–Crippen MR) is 94.9 cm³/mol. The van der Waals surface area contributed by atoms with Crippen LogP contribution in [0, 0.1) is 5.92 Å². The van der Waals surface area contributed by atoms with Crippen LogP contribution in [0.3, 0.4) is 0 Å². The number of carbonyl (C=O) groups excluding carboxylic acids is 2. The predicted octanol–water partition coefficient (Wildman–Crippen LogP) is 3.20. The second-order valence-electron chi connectivity index (χ2n) is 7.60. The van der Waals surface area contributed by atoms with Gasteiger partial charge in [-0.15, -0.1) is 0 Å². The van der Waals surface area contributed by atoms with Crippen LogP contribution in [0.4, 0.5) is 0 Å². The Morgan fingerprint density at radius 1 is 1.04 bits per heavy atom. The summed E-state index contributed by atoms with van der Waals surface area (Å²) in [5.41, 5.74) is 0. The maximum atomic E-state index is 12.6. The summed E-state index contributed by atoms with van der Waals surface area (Å²) in [6.45, 7) is 13.0. The molecule has 0 N–H and O–H groups in total. The lowest BCUT2D eigenvalue weighted by Gasteiger charge is -2.25. The second-order valence-corrected chi connectivity index (χ2v) is 7.60. The second kappa shape index (κ2) is 10.1. The highest BCUT2D eigenvalue weighted by molar-refractivity contribution is 5.81. The summed E-state index contributed by atoms with van der Waals surface area (Å²) in [6.07, 6.45) is 2.73. The molecule has 0 aromatic heterocycles. The standard InChI is InChI=1S/C19H35NO4/c1-13(2)18(21)8-7-9-19(22)20-11-17(24-15(5)6)10-16(20)12-23-14(3)4/h13-17H,7-12H2,1-6H3/t16-,17+/m0/s1. The van der Waals surface area contributed by atoms with Crippen LogP contribution in [-0.4, -0.2) is 54.1 Å². The molecular formula is C19H35NO4. The lowest BCUT2D eigenvalue weighted by molar-refractivity contribution is -0.134. The van der Waals surface area contributed by atoms with E-state index in [2.05, 4.69) is 0 Å². The zero-order valence-electron chi connectivity index (χ0n) is 16.2. The Morgan fingerprint density at radius 3 is 2.25 bits per heavy atom. The molecule has 0 aromatic carbocycles. The molecule has 0 saturated carbocycles. The Kier molecular flexibility index (Phi) is 8.92. The van der Waals surface area contributed by atoms with Crippen LogP contribution in [0.25, 0.3) is 0 Å². The Labute approximate surface area is 147 Å². The summed E-state index contributed by atoms with van der Waals surface area (Å²) >= 11 is 0. The molecule has 5 nitrogen and oxygen atoms in total. The molecule has 0 unspecified atom stereocenters. The van der Waals surface area contributed by atoms with Gasteiger partial charge in [0.05, 0.1) is 31.0 Å². The highest BCUT2D eigenvalue weighted by Crippen LogP contribution is 2.23. The van der Waals surface area contributed by atoms with Gasteiger partial charge in [-0.3, -0.25) is 9.59 Å². The van der Waals surface area contributed by atoms with E-state index in [4.69, 9.17) is 9.47 Å². The SMILES string of the molecule is CC(C)OC[C@@H]1C[C@@H](OC(C)C)CN1C(=O)CCCC(=O)C(C)C. The highest BCUT2D eigenvalue weighted by Gasteiger charge is 2.36. The maximum Gasteiger partial charge on any atom is 0.223 e. The van der Waals surface area contributed by atoms with Gasteiger partial charge >= 0.3 is 0 Å². The molecule has 0 aromatic rings. The van der Waals surface area contributed by atoms with Crippen molar-refractivity contribution in [1.29, 1.82) is 0 Å². The van der Waals surface area contributed by atoms with Gasteiger partial charge in [0.2, 0.25) is 5.91 Å². The smallest absolute Gasteiger partial charge is 0.223 e. The van der Waals surface area contributed by atoms with Gasteiger partial charge in [-0.25, -0.2) is 0 Å². The topological polar surface area (TPSA) is 55.8 Å². The average molecular weight is 341 g/mol. The molecule has 24 heavy (non-hydrogen) atoms. The van der Waals surface area contributed by atoms with Crippen LogP contribution in [0.1, 0.15) is 67.2 Å². The normalized spacial score (nSPS) is 21.3. The number of rotatable bonds is 10. The zero-order valence-corrected chi connectivity index (χ0v) is 16.2. The first-order chi connectivity index (χ1) is 11.2. The number of carbonyl (C=O) groups is 2. The molecule has 2 atom stereocenters. The van der Waals surface area contributed by atoms with Gasteiger partial charge in [0.15, 0.2) is 0 Å². The molecule has 5 heteroatoms. The molecule has 1 fully saturated rings. The van der Waals surface area contributed by atoms with E-state index < -0.39 is 0 Å². The van der Waals surface area contributed by atoms with E-state index in [1.807, 2.05) is 46.4 Å². The van der Waals surface area contributed by atoms with Crippen LogP contribution in [0.2, 0.25) is 0 Å². The summed E-state index contributed by atoms with van der Waals surface area (Å²) in [6, 6.07) is 0.0736. The Bertz CT molecular complexity index is 406. The van der Waals surface area contributed by atoms with Crippen LogP contribution in [0.5, 0.6) is 0 Å². The Balaban J connectivity index is 2.55. The first-order valence-corrected chi connectivity index (χ1v) is 9.29. The number of amides is 1. The van der Waals surface area contributed by atoms with E-state index in [1.54, 1.807) is 0 Å². The maximum absolute atomic E-state index is 12.6. The Hall–Kier alpha value is -0.940. The summed E-state index contributed by atoms with van der Waals surface area (Å²) in [4.78, 5) is 26.2. The van der Waals surface area contributed by atoms with E-state index in [9.17, 15) is 9.59 Å². The number of ether oxygens (including phenoxy) is 2. The number of hydrogen-bond acceptors (Lipinski definition) is 4. The summed E-state index contributed by atoms with van der Waals surface area (Å²) < 4.78 is 11.6. The minimum Gasteiger partial charge on any atom is -0.377 e. The third-order valence-electron chi connectivity index (χ3n) is 4.24. The fourth-order valence-electron chi connectivity index (χ4n) is 2.97. The third-order valence-corrected chi connectivity index (χ3v) is 4.24. The molecule has 0 radical (unpaired) electrons. The number of hydrogen-bond donors (Lipinski definition) is 0. The average Bonchev–Trinajstić information content (AvgIpc) is 2.86. The molecule has 0 spiro atoms. The van der Waals surface area contributed by atoms with Crippen molar-refractivity contribution < 1.29 is 19.1 Å². The molecule has 0 bridgehead atoms. The molecule has 1 heterocycles. The number of likely N-dealkylation sites (tertiary alicyclic amines) is 1. The number of Topliss-reactive ketones (excluding diaryl/α,β-unsaturated/α-hetero) is 1. The molecule has 0 aliphatic carbocycles. The van der Waals surface area contributed by atoms with Crippen molar-refractivity contribution in [2.45, 2.75) is 91.6 Å². The van der Waals surface area contributed by atoms with Crippen molar-refractivity contribution >= 4 is 11.7 Å². The van der Waals surface area contributed by atoms with E-state index in [1.165, 1.54) is 0 Å². The van der Waals surface area contributed by atoms with Crippen LogP contribution >= 0.6 is 0 Å². The van der Waals surface area contributed by atoms with E-state index in [0.29, 0.717) is 32.4 Å². The quantitative estimate of drug-likeness (QED) is 0.612. The Morgan fingerprint density at radius 2 is 1.71 bits per heavy atom. The van der Waals surface area contributed by atoms with Crippen molar-refractivity contribution in [1.82, 2.24) is 4.90 Å². The van der Waals surface area contributed by atoms with E-state index in [-0.39, 0.29) is 42.0 Å². The van der Waals surface area contributed by atoms with Crippen molar-refractivity contribution in [3.63, 3.8) is 0 Å². The van der Waals surface area contributed by atoms with Gasteiger partial charge in [0, 0.05) is 25.3 Å². The van der Waals surface area contributed by atoms with Gasteiger partial charge in [0.1, 0.15) is 5.78 Å². The molecule has 140 valence electrons. The van der Waals surface area contributed by atoms with Crippen molar-refractivity contribution in [2.24, 2.45) is 5.92 Å². The summed E-state index contributed by atoms with van der Waals surface area (Å²) in [5.74, 6) is 0.381. The number of ketones is 1. The molecule has 1 rings (SSSR count). The van der Waals surface area contributed by atoms with Crippen LogP contribution in [-0.2, 0) is 19.1 Å². The first kappa shape index (κ1) is 21.1. The minimum absolute atomic E-state index is 0.0444. The number of nitrogens with zero attached hydrogens (tertiary/aromatic N) is 1. The van der Waals surface area contributed by atoms with E-state index >= 15 is 0 Å². The summed E-state index contributed by atoms with van der Waals surface area (Å²) in [7, 11) is 0. The third kappa shape index (κ3) is 7.31. The molecule has 1 amide bonds. The largest absolute Gasteiger partial charge is 0.377 e. The lowest BCUT2D eigenvalue weighted by Crippen LogP contribution is -2.39. The van der Waals surface area contributed by atoms with Gasteiger partial charge in [-0.05, 0) is 40.5 Å². The highest BCUT2D eigenvalue weighted by atomic mass is 16.5. The van der Waals surface area contributed by atoms with Gasteiger partial charge < -0.3 is 14.4 Å². The minimum atomic E-state index is 0.0444. The van der Waals surface area contributed by atoms with Crippen molar-refractivity contribution in [2.75, 3.05) is 13.2 Å². The molecule has 1 aliphatic heterocycles.